The number of amides is 1. The molecule has 0 spiro atoms. The lowest BCUT2D eigenvalue weighted by Gasteiger charge is -2.20. The van der Waals surface area contributed by atoms with Crippen molar-refractivity contribution in [3.8, 4) is 0 Å². The Labute approximate surface area is 186 Å². The van der Waals surface area contributed by atoms with Gasteiger partial charge < -0.3 is 9.88 Å². The van der Waals surface area contributed by atoms with E-state index in [9.17, 15) is 13.6 Å². The summed E-state index contributed by atoms with van der Waals surface area (Å²) in [5.74, 6) is -0.0676. The second-order valence-corrected chi connectivity index (χ2v) is 8.18. The largest absolute Gasteiger partial charge is 0.346 e. The molecule has 0 radical (unpaired) electrons. The van der Waals surface area contributed by atoms with Gasteiger partial charge in [-0.3, -0.25) is 9.69 Å². The van der Waals surface area contributed by atoms with E-state index in [0.29, 0.717) is 32.4 Å². The summed E-state index contributed by atoms with van der Waals surface area (Å²) in [6.07, 6.45) is 1.80. The first-order valence-corrected chi connectivity index (χ1v) is 10.9. The Kier molecular flexibility index (Phi) is 6.90. The third-order valence-electron chi connectivity index (χ3n) is 5.79. The number of hydrogen-bond donors (Lipinski definition) is 1. The summed E-state index contributed by atoms with van der Waals surface area (Å²) < 4.78 is 28.8. The van der Waals surface area contributed by atoms with Crippen LogP contribution in [0, 0.1) is 11.6 Å². The minimum absolute atomic E-state index is 0.0210. The first-order valence-electron chi connectivity index (χ1n) is 10.9. The van der Waals surface area contributed by atoms with Crippen molar-refractivity contribution >= 4 is 5.91 Å². The number of aryl methyl sites for hydroxylation is 1. The fourth-order valence-corrected chi connectivity index (χ4v) is 4.04. The zero-order valence-corrected chi connectivity index (χ0v) is 18.1. The van der Waals surface area contributed by atoms with Crippen molar-refractivity contribution in [2.45, 2.75) is 45.3 Å². The van der Waals surface area contributed by atoms with E-state index >= 15 is 0 Å². The number of benzene rings is 2. The van der Waals surface area contributed by atoms with Crippen molar-refractivity contribution in [2.24, 2.45) is 0 Å². The minimum atomic E-state index is -0.833. The molecule has 8 heteroatoms. The number of carbonyl (C=O) groups is 1. The molecule has 4 rings (SSSR count). The molecular formula is C24H27F2N5O. The highest BCUT2D eigenvalue weighted by Crippen LogP contribution is 2.18. The maximum Gasteiger partial charge on any atom is 0.220 e. The average Bonchev–Trinajstić information content (AvgIpc) is 3.10. The topological polar surface area (TPSA) is 63.1 Å². The highest BCUT2D eigenvalue weighted by Gasteiger charge is 2.23. The van der Waals surface area contributed by atoms with Crippen molar-refractivity contribution in [2.75, 3.05) is 13.1 Å². The molecule has 1 aliphatic rings. The van der Waals surface area contributed by atoms with Gasteiger partial charge in [-0.2, -0.15) is 0 Å². The number of rotatable bonds is 7. The molecule has 32 heavy (non-hydrogen) atoms. The predicted octanol–water partition coefficient (Wildman–Crippen LogP) is 3.42. The molecule has 0 aliphatic carbocycles. The monoisotopic (exact) mass is 439 g/mol. The average molecular weight is 440 g/mol. The van der Waals surface area contributed by atoms with Crippen molar-refractivity contribution in [1.82, 2.24) is 25.0 Å². The molecule has 1 aromatic heterocycles. The van der Waals surface area contributed by atoms with Crippen LogP contribution in [0.5, 0.6) is 0 Å². The van der Waals surface area contributed by atoms with Gasteiger partial charge in [0, 0.05) is 39.0 Å². The maximum absolute atomic E-state index is 13.5. The van der Waals surface area contributed by atoms with Gasteiger partial charge in [0.2, 0.25) is 5.91 Å². The van der Waals surface area contributed by atoms with Gasteiger partial charge in [-0.15, -0.1) is 10.2 Å². The van der Waals surface area contributed by atoms with E-state index < -0.39 is 11.6 Å². The van der Waals surface area contributed by atoms with Crippen molar-refractivity contribution in [3.63, 3.8) is 0 Å². The Morgan fingerprint density at radius 3 is 2.62 bits per heavy atom. The summed E-state index contributed by atoms with van der Waals surface area (Å²) in [6.45, 7) is 4.60. The quantitative estimate of drug-likeness (QED) is 0.613. The van der Waals surface area contributed by atoms with E-state index in [-0.39, 0.29) is 11.9 Å². The first kappa shape index (κ1) is 22.1. The Bertz CT molecular complexity index is 1070. The van der Waals surface area contributed by atoms with Crippen LogP contribution in [0.2, 0.25) is 0 Å². The van der Waals surface area contributed by atoms with E-state index in [2.05, 4.69) is 25.0 Å². The lowest BCUT2D eigenvalue weighted by Crippen LogP contribution is -2.30. The van der Waals surface area contributed by atoms with Crippen molar-refractivity contribution in [3.05, 3.63) is 82.9 Å². The molecule has 168 valence electrons. The van der Waals surface area contributed by atoms with Gasteiger partial charge in [0.25, 0.3) is 0 Å². The van der Waals surface area contributed by atoms with E-state index in [1.54, 1.807) is 6.07 Å². The van der Waals surface area contributed by atoms with Crippen molar-refractivity contribution in [1.29, 1.82) is 0 Å². The molecule has 0 bridgehead atoms. The van der Waals surface area contributed by atoms with Gasteiger partial charge in [-0.25, -0.2) is 8.78 Å². The highest BCUT2D eigenvalue weighted by molar-refractivity contribution is 5.76. The van der Waals surface area contributed by atoms with Crippen LogP contribution in [-0.2, 0) is 30.7 Å². The summed E-state index contributed by atoms with van der Waals surface area (Å²) >= 11 is 0. The van der Waals surface area contributed by atoms with Crippen LogP contribution in [0.15, 0.2) is 48.5 Å². The van der Waals surface area contributed by atoms with Crippen LogP contribution in [0.4, 0.5) is 8.78 Å². The molecule has 2 heterocycles. The van der Waals surface area contributed by atoms with Crippen LogP contribution in [0.1, 0.15) is 42.2 Å². The second-order valence-electron chi connectivity index (χ2n) is 8.18. The second kappa shape index (κ2) is 9.99. The molecule has 3 aromatic rings. The molecule has 1 amide bonds. The third kappa shape index (κ3) is 5.37. The number of aromatic nitrogens is 3. The lowest BCUT2D eigenvalue weighted by molar-refractivity contribution is -0.121. The molecule has 1 aliphatic heterocycles. The van der Waals surface area contributed by atoms with E-state index in [4.69, 9.17) is 0 Å². The van der Waals surface area contributed by atoms with Crippen LogP contribution in [0.25, 0.3) is 0 Å². The normalized spacial score (nSPS) is 15.1. The van der Waals surface area contributed by atoms with Crippen molar-refractivity contribution < 1.29 is 13.6 Å². The van der Waals surface area contributed by atoms with Crippen LogP contribution in [0.3, 0.4) is 0 Å². The van der Waals surface area contributed by atoms with Crippen LogP contribution < -0.4 is 5.32 Å². The summed E-state index contributed by atoms with van der Waals surface area (Å²) in [4.78, 5) is 14.6. The molecule has 6 nitrogen and oxygen atoms in total. The first-order chi connectivity index (χ1) is 15.5. The number of nitrogens with one attached hydrogen (secondary N) is 1. The lowest BCUT2D eigenvalue weighted by atomic mass is 10.1. The third-order valence-corrected chi connectivity index (χ3v) is 5.79. The highest BCUT2D eigenvalue weighted by atomic mass is 19.2. The molecule has 0 fully saturated rings. The molecule has 1 atom stereocenters. The Morgan fingerprint density at radius 2 is 1.84 bits per heavy atom. The number of hydrogen-bond acceptors (Lipinski definition) is 4. The standard InChI is InChI=1S/C24H27F2N5O/c1-17(27-23(32)10-8-18-5-3-2-4-6-18)24-29-28-22-11-12-30(13-14-31(22)24)16-19-7-9-20(25)21(26)15-19/h2-7,9,15,17H,8,10-14,16H2,1H3,(H,27,32)/t17-/m0/s1. The fourth-order valence-electron chi connectivity index (χ4n) is 4.04. The molecule has 2 aromatic carbocycles. The van der Waals surface area contributed by atoms with Gasteiger partial charge in [0.15, 0.2) is 17.5 Å². The molecule has 0 saturated carbocycles. The van der Waals surface area contributed by atoms with Gasteiger partial charge in [0.05, 0.1) is 6.04 Å². The zero-order chi connectivity index (χ0) is 22.5. The summed E-state index contributed by atoms with van der Waals surface area (Å²) in [5, 5.41) is 11.7. The van der Waals surface area contributed by atoms with E-state index in [1.807, 2.05) is 37.3 Å². The zero-order valence-electron chi connectivity index (χ0n) is 18.1. The smallest absolute Gasteiger partial charge is 0.220 e. The van der Waals surface area contributed by atoms with Crippen LogP contribution in [-0.4, -0.2) is 38.7 Å². The Morgan fingerprint density at radius 1 is 1.03 bits per heavy atom. The molecular weight excluding hydrogens is 412 g/mol. The van der Waals surface area contributed by atoms with Gasteiger partial charge in [0.1, 0.15) is 5.82 Å². The number of carbonyl (C=O) groups excluding carboxylic acids is 1. The summed E-state index contributed by atoms with van der Waals surface area (Å²) in [5.41, 5.74) is 1.87. The SMILES string of the molecule is C[C@H](NC(=O)CCc1ccccc1)c1nnc2n1CCN(Cc1ccc(F)c(F)c1)CC2. The number of nitrogens with zero attached hydrogens (tertiary/aromatic N) is 4. The Hall–Kier alpha value is -3.13. The molecule has 0 saturated heterocycles. The van der Waals surface area contributed by atoms with Gasteiger partial charge in [-0.1, -0.05) is 36.4 Å². The summed E-state index contributed by atoms with van der Waals surface area (Å²) in [7, 11) is 0. The Balaban J connectivity index is 1.34. The minimum Gasteiger partial charge on any atom is -0.346 e. The van der Waals surface area contributed by atoms with Gasteiger partial charge in [-0.05, 0) is 36.6 Å². The number of fused-ring (bicyclic) bond motifs is 1. The van der Waals surface area contributed by atoms with Crippen LogP contribution >= 0.6 is 0 Å². The van der Waals surface area contributed by atoms with E-state index in [0.717, 1.165) is 41.9 Å². The van der Waals surface area contributed by atoms with Gasteiger partial charge >= 0.3 is 0 Å². The molecule has 1 N–H and O–H groups in total. The molecule has 0 unspecified atom stereocenters. The van der Waals surface area contributed by atoms with E-state index in [1.165, 1.54) is 6.07 Å². The summed E-state index contributed by atoms with van der Waals surface area (Å²) in [6, 6.07) is 13.7. The number of halogens is 2. The fraction of sp³-hybridized carbons (Fsp3) is 0.375. The maximum atomic E-state index is 13.5. The predicted molar refractivity (Wildman–Crippen MR) is 117 cm³/mol.